The van der Waals surface area contributed by atoms with E-state index in [1.54, 1.807) is 33.1 Å². The van der Waals surface area contributed by atoms with Gasteiger partial charge < -0.3 is 4.74 Å². The average Bonchev–Trinajstić information content (AvgIpc) is 2.76. The van der Waals surface area contributed by atoms with Gasteiger partial charge in [-0.3, -0.25) is 4.79 Å². The molecule has 0 fully saturated rings. The first kappa shape index (κ1) is 16.1. The molecule has 19 heavy (non-hydrogen) atoms. The number of hydrogen-bond donors (Lipinski definition) is 0. The Bertz CT molecular complexity index is 560. The van der Waals surface area contributed by atoms with Crippen molar-refractivity contribution >= 4 is 27.1 Å². The first-order valence-corrected chi connectivity index (χ1v) is 8.76. The first-order valence-electron chi connectivity index (χ1n) is 5.92. The maximum absolute atomic E-state index is 11.9. The van der Waals surface area contributed by atoms with Crippen molar-refractivity contribution in [2.45, 2.75) is 38.4 Å². The maximum Gasteiger partial charge on any atom is 0.317 e. The number of nitrogens with zero attached hydrogens (tertiary/aromatic N) is 1. The number of carbonyl (C=O) groups is 1. The van der Waals surface area contributed by atoms with Crippen molar-refractivity contribution in [1.29, 1.82) is 0 Å². The molecule has 0 spiro atoms. The fraction of sp³-hybridized carbons (Fsp3) is 0.667. The number of esters is 1. The second kappa shape index (κ2) is 5.58. The van der Waals surface area contributed by atoms with Gasteiger partial charge in [0.1, 0.15) is 15.7 Å². The minimum atomic E-state index is -3.19. The van der Waals surface area contributed by atoms with Gasteiger partial charge in [0.15, 0.2) is 9.84 Å². The average molecular weight is 305 g/mol. The van der Waals surface area contributed by atoms with Crippen molar-refractivity contribution in [3.05, 3.63) is 16.1 Å². The van der Waals surface area contributed by atoms with E-state index in [9.17, 15) is 13.2 Å². The standard InChI is InChI=1S/C12H19NO4S2/c1-6-17-11(14)12(3,4)9-7-18-10(13-9)8(2)19(5,15)16/h7-8H,6H2,1-5H3. The highest BCUT2D eigenvalue weighted by atomic mass is 32.2. The minimum Gasteiger partial charge on any atom is -0.465 e. The summed E-state index contributed by atoms with van der Waals surface area (Å²) >= 11 is 1.25. The molecule has 1 rings (SSSR count). The van der Waals surface area contributed by atoms with Crippen LogP contribution in [0, 0.1) is 0 Å². The molecule has 1 aromatic rings. The van der Waals surface area contributed by atoms with Crippen LogP contribution in [0.3, 0.4) is 0 Å². The zero-order valence-electron chi connectivity index (χ0n) is 11.8. The lowest BCUT2D eigenvalue weighted by molar-refractivity contribution is -0.148. The molecule has 0 radical (unpaired) electrons. The van der Waals surface area contributed by atoms with Crippen LogP contribution in [0.2, 0.25) is 0 Å². The van der Waals surface area contributed by atoms with Gasteiger partial charge in [0, 0.05) is 11.6 Å². The Kier molecular flexibility index (Phi) is 4.73. The lowest BCUT2D eigenvalue weighted by Gasteiger charge is -2.19. The SMILES string of the molecule is CCOC(=O)C(C)(C)c1csc(C(C)S(C)(=O)=O)n1. The van der Waals surface area contributed by atoms with E-state index in [1.807, 2.05) is 0 Å². The smallest absolute Gasteiger partial charge is 0.317 e. The molecule has 0 saturated carbocycles. The van der Waals surface area contributed by atoms with E-state index in [2.05, 4.69) is 4.98 Å². The lowest BCUT2D eigenvalue weighted by Crippen LogP contribution is -2.31. The molecule has 0 bridgehead atoms. The van der Waals surface area contributed by atoms with Gasteiger partial charge in [-0.1, -0.05) is 0 Å². The summed E-state index contributed by atoms with van der Waals surface area (Å²) in [6.07, 6.45) is 1.18. The van der Waals surface area contributed by atoms with Gasteiger partial charge in [-0.05, 0) is 27.7 Å². The Hall–Kier alpha value is -0.950. The molecule has 0 aliphatic rings. The summed E-state index contributed by atoms with van der Waals surface area (Å²) < 4.78 is 28.0. The maximum atomic E-state index is 11.9. The number of aromatic nitrogens is 1. The van der Waals surface area contributed by atoms with E-state index in [-0.39, 0.29) is 5.97 Å². The highest BCUT2D eigenvalue weighted by molar-refractivity contribution is 7.91. The first-order chi connectivity index (χ1) is 8.60. The van der Waals surface area contributed by atoms with Gasteiger partial charge in [-0.2, -0.15) is 0 Å². The zero-order valence-corrected chi connectivity index (χ0v) is 13.4. The number of thiazole rings is 1. The van der Waals surface area contributed by atoms with E-state index >= 15 is 0 Å². The molecule has 1 unspecified atom stereocenters. The van der Waals surface area contributed by atoms with Crippen LogP contribution >= 0.6 is 11.3 Å². The van der Waals surface area contributed by atoms with Crippen LogP contribution in [0.1, 0.15) is 43.6 Å². The summed E-state index contributed by atoms with van der Waals surface area (Å²) in [4.78, 5) is 16.2. The van der Waals surface area contributed by atoms with E-state index in [0.29, 0.717) is 17.3 Å². The molecule has 1 heterocycles. The lowest BCUT2D eigenvalue weighted by atomic mass is 9.90. The number of ether oxygens (including phenoxy) is 1. The van der Waals surface area contributed by atoms with Crippen LogP contribution in [-0.2, 0) is 24.8 Å². The van der Waals surface area contributed by atoms with Crippen molar-refractivity contribution in [1.82, 2.24) is 4.98 Å². The summed E-state index contributed by atoms with van der Waals surface area (Å²) in [6.45, 7) is 7.07. The number of hydrogen-bond acceptors (Lipinski definition) is 6. The highest BCUT2D eigenvalue weighted by Crippen LogP contribution is 2.30. The Morgan fingerprint density at radius 1 is 1.53 bits per heavy atom. The molecule has 5 nitrogen and oxygen atoms in total. The fourth-order valence-corrected chi connectivity index (χ4v) is 3.39. The Morgan fingerprint density at radius 3 is 2.58 bits per heavy atom. The summed E-state index contributed by atoms with van der Waals surface area (Å²) in [5.41, 5.74) is -0.330. The fourth-order valence-electron chi connectivity index (χ4n) is 1.36. The molecular weight excluding hydrogens is 286 g/mol. The van der Waals surface area contributed by atoms with E-state index in [0.717, 1.165) is 0 Å². The zero-order chi connectivity index (χ0) is 14.8. The number of carbonyl (C=O) groups excluding carboxylic acids is 1. The topological polar surface area (TPSA) is 73.3 Å². The van der Waals surface area contributed by atoms with Crippen molar-refractivity contribution in [3.63, 3.8) is 0 Å². The van der Waals surface area contributed by atoms with Gasteiger partial charge in [-0.15, -0.1) is 11.3 Å². The quantitative estimate of drug-likeness (QED) is 0.779. The number of sulfone groups is 1. The van der Waals surface area contributed by atoms with Gasteiger partial charge in [0.05, 0.1) is 12.3 Å². The van der Waals surface area contributed by atoms with Gasteiger partial charge in [-0.25, -0.2) is 13.4 Å². The molecule has 0 N–H and O–H groups in total. The van der Waals surface area contributed by atoms with E-state index < -0.39 is 20.5 Å². The minimum absolute atomic E-state index is 0.305. The van der Waals surface area contributed by atoms with Crippen LogP contribution in [0.15, 0.2) is 5.38 Å². The van der Waals surface area contributed by atoms with Crippen molar-refractivity contribution in [2.75, 3.05) is 12.9 Å². The predicted molar refractivity (Wildman–Crippen MR) is 75.0 cm³/mol. The molecular formula is C12H19NO4S2. The largest absolute Gasteiger partial charge is 0.465 e. The Balaban J connectivity index is 3.06. The van der Waals surface area contributed by atoms with Crippen LogP contribution in [0.25, 0.3) is 0 Å². The Labute approximate surface area is 117 Å². The van der Waals surface area contributed by atoms with Crippen LogP contribution in [-0.4, -0.2) is 32.2 Å². The molecule has 0 amide bonds. The van der Waals surface area contributed by atoms with Crippen molar-refractivity contribution in [2.24, 2.45) is 0 Å². The summed E-state index contributed by atoms with van der Waals surface area (Å²) in [5.74, 6) is -0.362. The molecule has 0 aromatic carbocycles. The van der Waals surface area contributed by atoms with Crippen molar-refractivity contribution < 1.29 is 17.9 Å². The monoisotopic (exact) mass is 305 g/mol. The van der Waals surface area contributed by atoms with Crippen molar-refractivity contribution in [3.8, 4) is 0 Å². The third-order valence-corrected chi connectivity index (χ3v) is 5.62. The summed E-state index contributed by atoms with van der Waals surface area (Å²) in [5, 5.41) is 1.55. The second-order valence-electron chi connectivity index (χ2n) is 4.89. The molecule has 0 aliphatic heterocycles. The summed E-state index contributed by atoms with van der Waals surface area (Å²) in [6, 6.07) is 0. The van der Waals surface area contributed by atoms with Gasteiger partial charge in [0.25, 0.3) is 0 Å². The molecule has 1 aromatic heterocycles. The predicted octanol–water partition coefficient (Wildman–Crippen LogP) is 2.09. The Morgan fingerprint density at radius 2 is 2.11 bits per heavy atom. The third kappa shape index (κ3) is 3.54. The molecule has 1 atom stereocenters. The number of rotatable bonds is 5. The van der Waals surface area contributed by atoms with Crippen LogP contribution < -0.4 is 0 Å². The third-order valence-electron chi connectivity index (χ3n) is 2.94. The van der Waals surface area contributed by atoms with Crippen LogP contribution in [0.4, 0.5) is 0 Å². The highest BCUT2D eigenvalue weighted by Gasteiger charge is 2.35. The molecule has 7 heteroatoms. The summed E-state index contributed by atoms with van der Waals surface area (Å²) in [7, 11) is -3.19. The second-order valence-corrected chi connectivity index (χ2v) is 8.14. The van der Waals surface area contributed by atoms with E-state index in [1.165, 1.54) is 17.6 Å². The molecule has 108 valence electrons. The molecule has 0 aliphatic carbocycles. The van der Waals surface area contributed by atoms with Gasteiger partial charge in [0.2, 0.25) is 0 Å². The van der Waals surface area contributed by atoms with Gasteiger partial charge >= 0.3 is 5.97 Å². The normalized spacial score (nSPS) is 14.2. The van der Waals surface area contributed by atoms with E-state index in [4.69, 9.17) is 4.74 Å². The molecule has 0 saturated heterocycles. The van der Waals surface area contributed by atoms with Crippen LogP contribution in [0.5, 0.6) is 0 Å².